The van der Waals surface area contributed by atoms with Crippen molar-refractivity contribution in [1.82, 2.24) is 19.9 Å². The maximum atomic E-state index is 5.93. The molecule has 3 rings (SSSR count). The molecule has 6 heteroatoms. The average Bonchev–Trinajstić information content (AvgIpc) is 2.95. The molecule has 1 aliphatic rings. The molecule has 3 N–H and O–H groups in total. The van der Waals surface area contributed by atoms with Crippen molar-refractivity contribution in [2.45, 2.75) is 31.7 Å². The van der Waals surface area contributed by atoms with Gasteiger partial charge in [0.25, 0.3) is 0 Å². The number of nitrogens with zero attached hydrogens (tertiary/aromatic N) is 4. The lowest BCUT2D eigenvalue weighted by atomic mass is 10.2. The molecule has 1 saturated carbocycles. The molecule has 1 aliphatic carbocycles. The molecular weight excluding hydrogens is 240 g/mol. The lowest BCUT2D eigenvalue weighted by Gasteiger charge is -2.14. The van der Waals surface area contributed by atoms with Crippen LogP contribution in [0.5, 0.6) is 0 Å². The minimum atomic E-state index is 0.470. The number of aromatic nitrogens is 4. The second-order valence-corrected chi connectivity index (χ2v) is 4.75. The van der Waals surface area contributed by atoms with Crippen LogP contribution in [-0.4, -0.2) is 26.0 Å². The zero-order chi connectivity index (χ0) is 13.1. The maximum Gasteiger partial charge on any atom is 0.164 e. The summed E-state index contributed by atoms with van der Waals surface area (Å²) in [4.78, 5) is 16.7. The predicted molar refractivity (Wildman–Crippen MR) is 73.3 cm³/mol. The summed E-state index contributed by atoms with van der Waals surface area (Å²) < 4.78 is 0. The van der Waals surface area contributed by atoms with Crippen LogP contribution in [0.3, 0.4) is 0 Å². The first kappa shape index (κ1) is 11.8. The number of hydrogen-bond donors (Lipinski definition) is 2. The van der Waals surface area contributed by atoms with Gasteiger partial charge in [-0.25, -0.2) is 19.9 Å². The average molecular weight is 256 g/mol. The second kappa shape index (κ2) is 5.17. The Bertz CT molecular complexity index is 550. The third kappa shape index (κ3) is 2.62. The van der Waals surface area contributed by atoms with Crippen molar-refractivity contribution in [3.8, 4) is 11.4 Å². The topological polar surface area (TPSA) is 89.6 Å². The smallest absolute Gasteiger partial charge is 0.164 e. The molecule has 2 aromatic rings. The molecule has 0 amide bonds. The Morgan fingerprint density at radius 2 is 1.84 bits per heavy atom. The van der Waals surface area contributed by atoms with Gasteiger partial charge in [-0.05, 0) is 12.8 Å². The van der Waals surface area contributed by atoms with Crippen LogP contribution < -0.4 is 11.1 Å². The number of rotatable bonds is 3. The minimum absolute atomic E-state index is 0.470. The number of hydrogen-bond acceptors (Lipinski definition) is 6. The van der Waals surface area contributed by atoms with Gasteiger partial charge < -0.3 is 11.1 Å². The van der Waals surface area contributed by atoms with Crippen molar-refractivity contribution in [2.75, 3.05) is 11.1 Å². The molecule has 2 aromatic heterocycles. The first-order valence-electron chi connectivity index (χ1n) is 6.47. The highest BCUT2D eigenvalue weighted by Crippen LogP contribution is 2.25. The van der Waals surface area contributed by atoms with E-state index in [0.29, 0.717) is 23.4 Å². The molecule has 6 nitrogen and oxygen atoms in total. The first-order chi connectivity index (χ1) is 9.33. The van der Waals surface area contributed by atoms with Crippen molar-refractivity contribution in [1.29, 1.82) is 0 Å². The SMILES string of the molecule is Nc1cnc(-c2cncnc2)nc1NC1CCCC1. The highest BCUT2D eigenvalue weighted by molar-refractivity contribution is 5.65. The fourth-order valence-corrected chi connectivity index (χ4v) is 2.32. The molecule has 2 heterocycles. The zero-order valence-corrected chi connectivity index (χ0v) is 10.6. The number of nitrogens with two attached hydrogens (primary N) is 1. The number of nitrogens with one attached hydrogen (secondary N) is 1. The molecule has 19 heavy (non-hydrogen) atoms. The summed E-state index contributed by atoms with van der Waals surface area (Å²) in [5.41, 5.74) is 7.29. The number of nitrogen functional groups attached to an aromatic ring is 1. The number of anilines is 2. The van der Waals surface area contributed by atoms with E-state index in [1.54, 1.807) is 18.6 Å². The molecule has 0 spiro atoms. The lowest BCUT2D eigenvalue weighted by molar-refractivity contribution is 0.750. The highest BCUT2D eigenvalue weighted by atomic mass is 15.1. The van der Waals surface area contributed by atoms with E-state index in [-0.39, 0.29) is 0 Å². The van der Waals surface area contributed by atoms with Crippen LogP contribution in [-0.2, 0) is 0 Å². The molecule has 0 atom stereocenters. The fourth-order valence-electron chi connectivity index (χ4n) is 2.32. The van der Waals surface area contributed by atoms with Crippen LogP contribution in [0.25, 0.3) is 11.4 Å². The predicted octanol–water partition coefficient (Wildman–Crippen LogP) is 1.87. The maximum absolute atomic E-state index is 5.93. The van der Waals surface area contributed by atoms with Gasteiger partial charge in [0.2, 0.25) is 0 Å². The van der Waals surface area contributed by atoms with Crippen LogP contribution in [0.15, 0.2) is 24.9 Å². The Labute approximate surface area is 111 Å². The molecule has 0 unspecified atom stereocenters. The van der Waals surface area contributed by atoms with Crippen molar-refractivity contribution in [2.24, 2.45) is 0 Å². The zero-order valence-electron chi connectivity index (χ0n) is 10.6. The summed E-state index contributed by atoms with van der Waals surface area (Å²) in [6.45, 7) is 0. The van der Waals surface area contributed by atoms with Gasteiger partial charge in [-0.15, -0.1) is 0 Å². The Morgan fingerprint density at radius 3 is 2.58 bits per heavy atom. The Morgan fingerprint density at radius 1 is 1.11 bits per heavy atom. The van der Waals surface area contributed by atoms with E-state index in [4.69, 9.17) is 5.73 Å². The van der Waals surface area contributed by atoms with Gasteiger partial charge in [0.05, 0.1) is 17.4 Å². The van der Waals surface area contributed by atoms with Gasteiger partial charge in [-0.3, -0.25) is 0 Å². The summed E-state index contributed by atoms with van der Waals surface area (Å²) >= 11 is 0. The van der Waals surface area contributed by atoms with Crippen molar-refractivity contribution < 1.29 is 0 Å². The van der Waals surface area contributed by atoms with E-state index >= 15 is 0 Å². The van der Waals surface area contributed by atoms with Crippen LogP contribution in [0.1, 0.15) is 25.7 Å². The molecule has 0 bridgehead atoms. The third-order valence-electron chi connectivity index (χ3n) is 3.33. The highest BCUT2D eigenvalue weighted by Gasteiger charge is 2.17. The van der Waals surface area contributed by atoms with Crippen LogP contribution in [0.4, 0.5) is 11.5 Å². The van der Waals surface area contributed by atoms with E-state index in [1.165, 1.54) is 32.0 Å². The molecule has 1 fully saturated rings. The van der Waals surface area contributed by atoms with Gasteiger partial charge in [-0.2, -0.15) is 0 Å². The first-order valence-corrected chi connectivity index (χ1v) is 6.47. The molecular formula is C13H16N6. The van der Waals surface area contributed by atoms with Crippen LogP contribution in [0.2, 0.25) is 0 Å². The normalized spacial score (nSPS) is 15.6. The van der Waals surface area contributed by atoms with E-state index in [0.717, 1.165) is 5.56 Å². The third-order valence-corrected chi connectivity index (χ3v) is 3.33. The fraction of sp³-hybridized carbons (Fsp3) is 0.385. The van der Waals surface area contributed by atoms with Crippen LogP contribution in [0, 0.1) is 0 Å². The van der Waals surface area contributed by atoms with Gasteiger partial charge in [0.15, 0.2) is 11.6 Å². The Hall–Kier alpha value is -2.24. The van der Waals surface area contributed by atoms with E-state index in [1.807, 2.05) is 0 Å². The summed E-state index contributed by atoms with van der Waals surface area (Å²) in [6, 6.07) is 0.470. The molecule has 98 valence electrons. The van der Waals surface area contributed by atoms with Gasteiger partial charge in [0, 0.05) is 18.4 Å². The Balaban J connectivity index is 1.87. The van der Waals surface area contributed by atoms with Gasteiger partial charge in [-0.1, -0.05) is 12.8 Å². The quantitative estimate of drug-likeness (QED) is 0.871. The van der Waals surface area contributed by atoms with Crippen molar-refractivity contribution >= 4 is 11.5 Å². The van der Waals surface area contributed by atoms with Crippen LogP contribution >= 0.6 is 0 Å². The van der Waals surface area contributed by atoms with Gasteiger partial charge in [0.1, 0.15) is 6.33 Å². The standard InChI is InChI=1S/C13H16N6/c14-11-7-17-12(9-5-15-8-16-6-9)19-13(11)18-10-3-1-2-4-10/h5-8,10H,1-4,14H2,(H,17,18,19). The van der Waals surface area contributed by atoms with E-state index < -0.39 is 0 Å². The summed E-state index contributed by atoms with van der Waals surface area (Å²) in [6.07, 6.45) is 11.4. The molecule has 0 saturated heterocycles. The minimum Gasteiger partial charge on any atom is -0.394 e. The lowest BCUT2D eigenvalue weighted by Crippen LogP contribution is -2.17. The second-order valence-electron chi connectivity index (χ2n) is 4.75. The van der Waals surface area contributed by atoms with Crippen molar-refractivity contribution in [3.05, 3.63) is 24.9 Å². The molecule has 0 aliphatic heterocycles. The molecule has 0 aromatic carbocycles. The largest absolute Gasteiger partial charge is 0.394 e. The summed E-state index contributed by atoms with van der Waals surface area (Å²) in [5.74, 6) is 1.30. The van der Waals surface area contributed by atoms with E-state index in [2.05, 4.69) is 25.3 Å². The molecule has 0 radical (unpaired) electrons. The summed E-state index contributed by atoms with van der Waals surface area (Å²) in [5, 5.41) is 3.40. The summed E-state index contributed by atoms with van der Waals surface area (Å²) in [7, 11) is 0. The van der Waals surface area contributed by atoms with E-state index in [9.17, 15) is 0 Å². The Kier molecular flexibility index (Phi) is 3.22. The van der Waals surface area contributed by atoms with Gasteiger partial charge >= 0.3 is 0 Å². The monoisotopic (exact) mass is 256 g/mol. The van der Waals surface area contributed by atoms with Crippen molar-refractivity contribution in [3.63, 3.8) is 0 Å².